The van der Waals surface area contributed by atoms with Crippen molar-refractivity contribution in [1.82, 2.24) is 19.3 Å². The number of pyridine rings is 1. The molecule has 7 heteroatoms. The molecule has 31 heavy (non-hydrogen) atoms. The molecule has 0 fully saturated rings. The predicted octanol–water partition coefficient (Wildman–Crippen LogP) is 4.52. The van der Waals surface area contributed by atoms with E-state index in [1.54, 1.807) is 24.3 Å². The molecule has 4 rings (SSSR count). The number of unbranched alkanes of at least 4 members (excludes halogenated alkanes) is 1. The molecule has 1 amide bonds. The number of benzene rings is 1. The Bertz CT molecular complexity index is 1280. The van der Waals surface area contributed by atoms with Crippen molar-refractivity contribution in [2.75, 3.05) is 13.6 Å². The van der Waals surface area contributed by atoms with Crippen LogP contribution in [-0.4, -0.2) is 38.8 Å². The van der Waals surface area contributed by atoms with Gasteiger partial charge in [-0.25, -0.2) is 4.98 Å². The first-order valence-electron chi connectivity index (χ1n) is 10.5. The van der Waals surface area contributed by atoms with Gasteiger partial charge in [-0.15, -0.1) is 0 Å². The molecule has 0 saturated carbocycles. The minimum Gasteiger partial charge on any atom is -0.341 e. The van der Waals surface area contributed by atoms with Crippen LogP contribution in [0, 0.1) is 0 Å². The zero-order valence-electron chi connectivity index (χ0n) is 18.0. The molecule has 0 saturated heterocycles. The number of hydrogen-bond donors (Lipinski definition) is 0. The van der Waals surface area contributed by atoms with E-state index in [0.717, 1.165) is 24.8 Å². The second kappa shape index (κ2) is 8.98. The number of nitrogens with zero attached hydrogens (tertiary/aromatic N) is 4. The summed E-state index contributed by atoms with van der Waals surface area (Å²) in [6.07, 6.45) is 8.12. The van der Waals surface area contributed by atoms with Crippen molar-refractivity contribution in [2.24, 2.45) is 0 Å². The van der Waals surface area contributed by atoms with Crippen molar-refractivity contribution in [1.29, 1.82) is 0 Å². The van der Waals surface area contributed by atoms with E-state index in [1.165, 1.54) is 21.3 Å². The smallest absolute Gasteiger partial charge is 0.266 e. The standard InChI is InChI=1S/C24H26N4O2S/c1-16(2)18-9-10-20-19(13-18)22(29)28-15-21(31-24(28)26-20)23(30)27(3)12-5-4-7-17-8-6-11-25-14-17/h6,8-11,13-16H,4-5,7,12H2,1-3H3. The maximum atomic E-state index is 13.0. The average Bonchev–Trinajstić information content (AvgIpc) is 3.21. The van der Waals surface area contributed by atoms with Gasteiger partial charge < -0.3 is 4.90 Å². The number of fused-ring (bicyclic) bond motifs is 2. The number of rotatable bonds is 7. The molecule has 6 nitrogen and oxygen atoms in total. The van der Waals surface area contributed by atoms with Crippen LogP contribution in [0.25, 0.3) is 15.9 Å². The zero-order chi connectivity index (χ0) is 22.0. The summed E-state index contributed by atoms with van der Waals surface area (Å²) in [6, 6.07) is 9.82. The highest BCUT2D eigenvalue weighted by Gasteiger charge is 2.17. The highest BCUT2D eigenvalue weighted by atomic mass is 32.1. The number of aryl methyl sites for hydroxylation is 1. The van der Waals surface area contributed by atoms with Gasteiger partial charge in [0.05, 0.1) is 10.9 Å². The van der Waals surface area contributed by atoms with Gasteiger partial charge in [0, 0.05) is 32.2 Å². The van der Waals surface area contributed by atoms with Crippen molar-refractivity contribution >= 4 is 33.1 Å². The maximum Gasteiger partial charge on any atom is 0.266 e. The SMILES string of the molecule is CC(C)c1ccc2nc3sc(C(=O)N(C)CCCCc4cccnc4)cn3c(=O)c2c1. The summed E-state index contributed by atoms with van der Waals surface area (Å²) < 4.78 is 1.50. The minimum atomic E-state index is -0.128. The Hall–Kier alpha value is -3.06. The largest absolute Gasteiger partial charge is 0.341 e. The second-order valence-electron chi connectivity index (χ2n) is 8.14. The highest BCUT2D eigenvalue weighted by molar-refractivity contribution is 7.18. The van der Waals surface area contributed by atoms with E-state index in [9.17, 15) is 9.59 Å². The normalized spacial score (nSPS) is 11.5. The van der Waals surface area contributed by atoms with E-state index in [-0.39, 0.29) is 11.5 Å². The van der Waals surface area contributed by atoms with Gasteiger partial charge in [0.15, 0.2) is 4.96 Å². The Labute approximate surface area is 185 Å². The van der Waals surface area contributed by atoms with Gasteiger partial charge in [0.25, 0.3) is 11.5 Å². The number of carbonyl (C=O) groups excluding carboxylic acids is 1. The third kappa shape index (κ3) is 4.51. The van der Waals surface area contributed by atoms with E-state index < -0.39 is 0 Å². The fourth-order valence-electron chi connectivity index (χ4n) is 3.60. The van der Waals surface area contributed by atoms with Gasteiger partial charge in [-0.05, 0) is 54.5 Å². The van der Waals surface area contributed by atoms with Crippen molar-refractivity contribution in [2.45, 2.75) is 39.0 Å². The van der Waals surface area contributed by atoms with Crippen molar-refractivity contribution < 1.29 is 4.79 Å². The lowest BCUT2D eigenvalue weighted by molar-refractivity contribution is 0.0797. The molecule has 0 aliphatic rings. The lowest BCUT2D eigenvalue weighted by Crippen LogP contribution is -2.27. The minimum absolute atomic E-state index is 0.0804. The molecule has 0 aliphatic heterocycles. The first-order valence-corrected chi connectivity index (χ1v) is 11.4. The van der Waals surface area contributed by atoms with Crippen LogP contribution in [0.15, 0.2) is 53.7 Å². The van der Waals surface area contributed by atoms with Crippen LogP contribution in [0.2, 0.25) is 0 Å². The molecular formula is C24H26N4O2S. The van der Waals surface area contributed by atoms with Crippen LogP contribution in [0.4, 0.5) is 0 Å². The molecule has 0 spiro atoms. The fraction of sp³-hybridized carbons (Fsp3) is 0.333. The molecule has 0 radical (unpaired) electrons. The lowest BCUT2D eigenvalue weighted by atomic mass is 10.0. The van der Waals surface area contributed by atoms with E-state index in [4.69, 9.17) is 0 Å². The Morgan fingerprint density at radius 1 is 1.23 bits per heavy atom. The molecular weight excluding hydrogens is 408 g/mol. The fourth-order valence-corrected chi connectivity index (χ4v) is 4.57. The Kier molecular flexibility index (Phi) is 6.13. The van der Waals surface area contributed by atoms with E-state index in [2.05, 4.69) is 29.9 Å². The lowest BCUT2D eigenvalue weighted by Gasteiger charge is -2.15. The number of hydrogen-bond acceptors (Lipinski definition) is 5. The van der Waals surface area contributed by atoms with E-state index in [0.29, 0.717) is 33.2 Å². The number of carbonyl (C=O) groups is 1. The second-order valence-corrected chi connectivity index (χ2v) is 9.15. The van der Waals surface area contributed by atoms with Gasteiger partial charge >= 0.3 is 0 Å². The number of amides is 1. The third-order valence-corrected chi connectivity index (χ3v) is 6.47. The zero-order valence-corrected chi connectivity index (χ0v) is 18.9. The number of aromatic nitrogens is 3. The Balaban J connectivity index is 1.49. The van der Waals surface area contributed by atoms with Crippen LogP contribution in [0.5, 0.6) is 0 Å². The molecule has 0 unspecified atom stereocenters. The summed E-state index contributed by atoms with van der Waals surface area (Å²) in [6.45, 7) is 4.85. The summed E-state index contributed by atoms with van der Waals surface area (Å²) in [5.74, 6) is 0.249. The molecule has 3 heterocycles. The Morgan fingerprint density at radius 3 is 2.81 bits per heavy atom. The van der Waals surface area contributed by atoms with Crippen LogP contribution in [0.1, 0.15) is 53.4 Å². The summed E-state index contributed by atoms with van der Waals surface area (Å²) in [5.41, 5.74) is 2.85. The summed E-state index contributed by atoms with van der Waals surface area (Å²) >= 11 is 1.26. The molecule has 0 N–H and O–H groups in total. The molecule has 0 aliphatic carbocycles. The van der Waals surface area contributed by atoms with Crippen LogP contribution in [0.3, 0.4) is 0 Å². The van der Waals surface area contributed by atoms with E-state index in [1.807, 2.05) is 30.5 Å². The molecule has 4 aromatic rings. The topological polar surface area (TPSA) is 67.6 Å². The van der Waals surface area contributed by atoms with Crippen LogP contribution < -0.4 is 5.56 Å². The third-order valence-electron chi connectivity index (χ3n) is 5.50. The first kappa shape index (κ1) is 21.2. The van der Waals surface area contributed by atoms with Crippen molar-refractivity contribution in [3.63, 3.8) is 0 Å². The quantitative estimate of drug-likeness (QED) is 0.401. The monoisotopic (exact) mass is 434 g/mol. The highest BCUT2D eigenvalue weighted by Crippen LogP contribution is 2.22. The molecule has 160 valence electrons. The molecule has 0 bridgehead atoms. The van der Waals surface area contributed by atoms with Gasteiger partial charge in [0.2, 0.25) is 0 Å². The maximum absolute atomic E-state index is 13.0. The van der Waals surface area contributed by atoms with Gasteiger partial charge in [-0.2, -0.15) is 0 Å². The summed E-state index contributed by atoms with van der Waals surface area (Å²) in [7, 11) is 1.80. The molecule has 3 aromatic heterocycles. The van der Waals surface area contributed by atoms with E-state index >= 15 is 0 Å². The molecule has 0 atom stereocenters. The molecule has 1 aromatic carbocycles. The predicted molar refractivity (Wildman–Crippen MR) is 125 cm³/mol. The van der Waals surface area contributed by atoms with Gasteiger partial charge in [-0.1, -0.05) is 37.3 Å². The summed E-state index contributed by atoms with van der Waals surface area (Å²) in [5, 5.41) is 0.587. The summed E-state index contributed by atoms with van der Waals surface area (Å²) in [4.78, 5) is 37.5. The van der Waals surface area contributed by atoms with Crippen LogP contribution in [-0.2, 0) is 6.42 Å². The first-order chi connectivity index (χ1) is 14.9. The average molecular weight is 435 g/mol. The van der Waals surface area contributed by atoms with Crippen LogP contribution >= 0.6 is 11.3 Å². The van der Waals surface area contributed by atoms with Crippen molar-refractivity contribution in [3.05, 3.63) is 75.3 Å². The number of thiazole rings is 1. The van der Waals surface area contributed by atoms with Gasteiger partial charge in [0.1, 0.15) is 4.88 Å². The van der Waals surface area contributed by atoms with Gasteiger partial charge in [-0.3, -0.25) is 19.0 Å². The Morgan fingerprint density at radius 2 is 2.06 bits per heavy atom. The van der Waals surface area contributed by atoms with Crippen molar-refractivity contribution in [3.8, 4) is 0 Å².